The van der Waals surface area contributed by atoms with Crippen LogP contribution in [0.1, 0.15) is 34.4 Å². The number of nitrogens with zero attached hydrogens (tertiary/aromatic N) is 3. The summed E-state index contributed by atoms with van der Waals surface area (Å²) in [5.74, 6) is -0.0849. The first-order chi connectivity index (χ1) is 13.6. The first-order valence-corrected chi connectivity index (χ1v) is 10.4. The molecular formula is C22H24N4OS. The molecule has 4 rings (SSSR count). The summed E-state index contributed by atoms with van der Waals surface area (Å²) in [5.41, 5.74) is 5.71. The van der Waals surface area contributed by atoms with Gasteiger partial charge in [0.15, 0.2) is 0 Å². The van der Waals surface area contributed by atoms with Gasteiger partial charge in [-0.1, -0.05) is 30.3 Å². The fourth-order valence-corrected chi connectivity index (χ4v) is 4.48. The van der Waals surface area contributed by atoms with Crippen LogP contribution in [-0.2, 0) is 19.5 Å². The highest BCUT2D eigenvalue weighted by atomic mass is 32.1. The number of anilines is 1. The van der Waals surface area contributed by atoms with Crippen LogP contribution in [0.3, 0.4) is 0 Å². The van der Waals surface area contributed by atoms with Gasteiger partial charge in [-0.05, 0) is 50.3 Å². The topological polar surface area (TPSA) is 51.9 Å². The molecule has 1 aromatic carbocycles. The molecule has 0 unspecified atom stereocenters. The van der Waals surface area contributed by atoms with Gasteiger partial charge < -0.3 is 9.88 Å². The molecule has 3 heterocycles. The van der Waals surface area contributed by atoms with Gasteiger partial charge in [-0.2, -0.15) is 5.10 Å². The van der Waals surface area contributed by atoms with Gasteiger partial charge in [0.1, 0.15) is 5.69 Å². The minimum Gasteiger partial charge on any atom is -0.335 e. The van der Waals surface area contributed by atoms with Crippen LogP contribution in [-0.4, -0.2) is 20.3 Å². The fraction of sp³-hybridized carbons (Fsp3) is 0.273. The van der Waals surface area contributed by atoms with Crippen LogP contribution in [0.4, 0.5) is 5.69 Å². The lowest BCUT2D eigenvalue weighted by atomic mass is 10.1. The highest BCUT2D eigenvalue weighted by Gasteiger charge is 2.19. The molecule has 6 heteroatoms. The van der Waals surface area contributed by atoms with Gasteiger partial charge in [0.2, 0.25) is 0 Å². The van der Waals surface area contributed by atoms with Gasteiger partial charge in [-0.25, -0.2) is 0 Å². The predicted octanol–water partition coefficient (Wildman–Crippen LogP) is 5.03. The molecule has 144 valence electrons. The van der Waals surface area contributed by atoms with Crippen LogP contribution in [0.25, 0.3) is 10.2 Å². The standard InChI is InChI=1S/C22H24N4OS/c1-4-26-16(3)21(15(2)24-26)23-22(27)19-14-20-18(11-13-28-20)25(19)12-10-17-8-6-5-7-9-17/h5-9,11,13-14H,4,10,12H2,1-3H3,(H,23,27). The van der Waals surface area contributed by atoms with E-state index < -0.39 is 0 Å². The van der Waals surface area contributed by atoms with E-state index in [1.54, 1.807) is 11.3 Å². The maximum atomic E-state index is 13.2. The molecule has 0 saturated carbocycles. The van der Waals surface area contributed by atoms with Crippen LogP contribution in [0.5, 0.6) is 0 Å². The Bertz CT molecular complexity index is 1120. The first kappa shape index (κ1) is 18.5. The van der Waals surface area contributed by atoms with Crippen molar-refractivity contribution in [2.24, 2.45) is 0 Å². The smallest absolute Gasteiger partial charge is 0.272 e. The second-order valence-corrected chi connectivity index (χ2v) is 7.85. The van der Waals surface area contributed by atoms with Crippen molar-refractivity contribution in [3.63, 3.8) is 0 Å². The number of thiophene rings is 1. The Morgan fingerprint density at radius 2 is 1.96 bits per heavy atom. The fourth-order valence-electron chi connectivity index (χ4n) is 3.65. The molecule has 1 amide bonds. The zero-order valence-corrected chi connectivity index (χ0v) is 17.2. The average molecular weight is 393 g/mol. The molecule has 3 aromatic heterocycles. The molecule has 5 nitrogen and oxygen atoms in total. The molecule has 0 aliphatic carbocycles. The second-order valence-electron chi connectivity index (χ2n) is 6.90. The zero-order chi connectivity index (χ0) is 19.7. The number of rotatable bonds is 6. The number of amides is 1. The highest BCUT2D eigenvalue weighted by Crippen LogP contribution is 2.27. The van der Waals surface area contributed by atoms with Crippen LogP contribution in [0, 0.1) is 13.8 Å². The van der Waals surface area contributed by atoms with Gasteiger partial charge in [0, 0.05) is 13.1 Å². The number of nitrogens with one attached hydrogen (secondary N) is 1. The van der Waals surface area contributed by atoms with Crippen LogP contribution < -0.4 is 5.32 Å². The monoisotopic (exact) mass is 392 g/mol. The summed E-state index contributed by atoms with van der Waals surface area (Å²) < 4.78 is 5.18. The molecule has 4 aromatic rings. The maximum absolute atomic E-state index is 13.2. The third-order valence-electron chi connectivity index (χ3n) is 5.14. The summed E-state index contributed by atoms with van der Waals surface area (Å²) >= 11 is 1.66. The number of fused-ring (bicyclic) bond motifs is 1. The van der Waals surface area contributed by atoms with Crippen molar-refractivity contribution in [2.75, 3.05) is 5.32 Å². The molecule has 0 aliphatic rings. The Kier molecular flexibility index (Phi) is 5.05. The molecule has 0 saturated heterocycles. The zero-order valence-electron chi connectivity index (χ0n) is 16.4. The van der Waals surface area contributed by atoms with Crippen LogP contribution in [0.2, 0.25) is 0 Å². The van der Waals surface area contributed by atoms with Gasteiger partial charge in [0.25, 0.3) is 5.91 Å². The molecule has 0 fully saturated rings. The van der Waals surface area contributed by atoms with Crippen molar-refractivity contribution in [1.29, 1.82) is 0 Å². The number of carbonyl (C=O) groups excluding carboxylic acids is 1. The third kappa shape index (κ3) is 3.36. The van der Waals surface area contributed by atoms with Crippen molar-refractivity contribution < 1.29 is 4.79 Å². The van der Waals surface area contributed by atoms with E-state index in [2.05, 4.69) is 50.7 Å². The average Bonchev–Trinajstić information content (AvgIpc) is 3.36. The molecule has 28 heavy (non-hydrogen) atoms. The van der Waals surface area contributed by atoms with E-state index in [9.17, 15) is 4.79 Å². The van der Waals surface area contributed by atoms with Gasteiger partial charge in [-0.3, -0.25) is 9.48 Å². The molecule has 0 aliphatic heterocycles. The van der Waals surface area contributed by atoms with E-state index in [1.807, 2.05) is 37.6 Å². The molecule has 0 bridgehead atoms. The summed E-state index contributed by atoms with van der Waals surface area (Å²) in [5, 5.41) is 9.68. The SMILES string of the molecule is CCn1nc(C)c(NC(=O)c2cc3sccc3n2CCc2ccccc2)c1C. The Morgan fingerprint density at radius 3 is 2.68 bits per heavy atom. The minimum absolute atomic E-state index is 0.0849. The maximum Gasteiger partial charge on any atom is 0.272 e. The van der Waals surface area contributed by atoms with Crippen molar-refractivity contribution in [3.8, 4) is 0 Å². The normalized spacial score (nSPS) is 11.2. The Balaban J connectivity index is 1.64. The van der Waals surface area contributed by atoms with Crippen LogP contribution in [0.15, 0.2) is 47.8 Å². The number of hydrogen-bond acceptors (Lipinski definition) is 3. The van der Waals surface area contributed by atoms with E-state index in [4.69, 9.17) is 0 Å². The number of aryl methyl sites for hydroxylation is 4. The number of hydrogen-bond donors (Lipinski definition) is 1. The number of carbonyl (C=O) groups is 1. The van der Waals surface area contributed by atoms with Gasteiger partial charge >= 0.3 is 0 Å². The molecule has 0 radical (unpaired) electrons. The largest absolute Gasteiger partial charge is 0.335 e. The summed E-state index contributed by atoms with van der Waals surface area (Å²) in [6, 6.07) is 14.5. The second kappa shape index (κ2) is 7.64. The number of benzene rings is 1. The van der Waals surface area contributed by atoms with E-state index in [0.717, 1.165) is 46.8 Å². The molecular weight excluding hydrogens is 368 g/mol. The van der Waals surface area contributed by atoms with Gasteiger partial charge in [-0.15, -0.1) is 11.3 Å². The Hall–Kier alpha value is -2.86. The van der Waals surface area contributed by atoms with E-state index in [0.29, 0.717) is 5.69 Å². The number of aromatic nitrogens is 3. The van der Waals surface area contributed by atoms with Crippen molar-refractivity contribution >= 4 is 33.1 Å². The first-order valence-electron chi connectivity index (χ1n) is 9.54. The third-order valence-corrected chi connectivity index (χ3v) is 5.99. The molecule has 1 N–H and O–H groups in total. The van der Waals surface area contributed by atoms with Crippen LogP contribution >= 0.6 is 11.3 Å². The summed E-state index contributed by atoms with van der Waals surface area (Å²) in [6.45, 7) is 7.52. The lowest BCUT2D eigenvalue weighted by molar-refractivity contribution is 0.101. The molecule has 0 atom stereocenters. The predicted molar refractivity (Wildman–Crippen MR) is 115 cm³/mol. The Morgan fingerprint density at radius 1 is 1.18 bits per heavy atom. The quantitative estimate of drug-likeness (QED) is 0.500. The minimum atomic E-state index is -0.0849. The van der Waals surface area contributed by atoms with Crippen molar-refractivity contribution in [1.82, 2.24) is 14.3 Å². The lowest BCUT2D eigenvalue weighted by Gasteiger charge is -2.11. The molecule has 0 spiro atoms. The van der Waals surface area contributed by atoms with Crippen molar-refractivity contribution in [3.05, 3.63) is 70.5 Å². The summed E-state index contributed by atoms with van der Waals surface area (Å²) in [4.78, 5) is 13.2. The van der Waals surface area contributed by atoms with E-state index >= 15 is 0 Å². The Labute approximate surface area is 168 Å². The lowest BCUT2D eigenvalue weighted by Crippen LogP contribution is -2.18. The van der Waals surface area contributed by atoms with E-state index in [1.165, 1.54) is 5.56 Å². The highest BCUT2D eigenvalue weighted by molar-refractivity contribution is 7.17. The van der Waals surface area contributed by atoms with Crippen molar-refractivity contribution in [2.45, 2.75) is 40.3 Å². The summed E-state index contributed by atoms with van der Waals surface area (Å²) in [7, 11) is 0. The van der Waals surface area contributed by atoms with E-state index in [-0.39, 0.29) is 5.91 Å². The summed E-state index contributed by atoms with van der Waals surface area (Å²) in [6.07, 6.45) is 0.882. The van der Waals surface area contributed by atoms with Gasteiger partial charge in [0.05, 0.1) is 27.3 Å².